The molecule has 0 fully saturated rings. The van der Waals surface area contributed by atoms with Gasteiger partial charge in [-0.25, -0.2) is 8.42 Å². The van der Waals surface area contributed by atoms with E-state index in [2.05, 4.69) is 5.32 Å². The summed E-state index contributed by atoms with van der Waals surface area (Å²) in [5.41, 5.74) is 1.57. The number of hydrogen-bond donors (Lipinski definition) is 1. The van der Waals surface area contributed by atoms with E-state index in [0.29, 0.717) is 12.2 Å². The summed E-state index contributed by atoms with van der Waals surface area (Å²) in [6.07, 6.45) is 1.37. The number of nitrogens with one attached hydrogen (secondary N) is 1. The van der Waals surface area contributed by atoms with E-state index in [-0.39, 0.29) is 23.2 Å². The smallest absolute Gasteiger partial charge is 0.244 e. The monoisotopic (exact) mass is 537 g/mol. The molecule has 0 bridgehead atoms. The minimum absolute atomic E-state index is 0.150. The number of anilines is 1. The lowest BCUT2D eigenvalue weighted by atomic mass is 10.0. The Balaban J connectivity index is 2.49. The number of ether oxygens (including phenoxy) is 1. The summed E-state index contributed by atoms with van der Waals surface area (Å²) in [5, 5.41) is 3.15. The molecule has 2 amide bonds. The van der Waals surface area contributed by atoms with Gasteiger partial charge in [-0.05, 0) is 57.9 Å². The van der Waals surface area contributed by atoms with Crippen LogP contribution in [0.15, 0.2) is 42.5 Å². The lowest BCUT2D eigenvalue weighted by molar-refractivity contribution is -0.141. The number of aryl methyl sites for hydroxylation is 1. The topological polar surface area (TPSA) is 96.0 Å². The minimum atomic E-state index is -3.86. The van der Waals surface area contributed by atoms with E-state index in [1.807, 2.05) is 58.9 Å². The minimum Gasteiger partial charge on any atom is -0.495 e. The SMILES string of the molecule is CC[C@@H](C(=O)NC(C)(C)C)N(Cc1cccc(C)c1)C(=O)CN(c1ccc(OC)c(Cl)c1)S(C)(=O)=O. The molecule has 0 unspecified atom stereocenters. The van der Waals surface area contributed by atoms with Gasteiger partial charge in [0.25, 0.3) is 0 Å². The Hall–Kier alpha value is -2.78. The first kappa shape index (κ1) is 29.5. The summed E-state index contributed by atoms with van der Waals surface area (Å²) in [7, 11) is -2.40. The molecule has 2 aromatic rings. The van der Waals surface area contributed by atoms with E-state index in [4.69, 9.17) is 16.3 Å². The van der Waals surface area contributed by atoms with Gasteiger partial charge < -0.3 is 15.0 Å². The summed E-state index contributed by atoms with van der Waals surface area (Å²) < 4.78 is 31.6. The van der Waals surface area contributed by atoms with E-state index in [1.165, 1.54) is 30.2 Å². The summed E-state index contributed by atoms with van der Waals surface area (Å²) >= 11 is 6.23. The standard InChI is InChI=1S/C26H36ClN3O5S/c1-8-22(25(32)28-26(3,4)5)29(16-19-11-9-10-18(2)14-19)24(31)17-30(36(7,33)34)20-12-13-23(35-6)21(27)15-20/h9-15,22H,8,16-17H2,1-7H3,(H,28,32)/t22-/m0/s1. The number of halogens is 1. The molecule has 0 aliphatic rings. The van der Waals surface area contributed by atoms with Gasteiger partial charge in [0, 0.05) is 12.1 Å². The molecule has 1 atom stereocenters. The molecule has 10 heteroatoms. The highest BCUT2D eigenvalue weighted by atomic mass is 35.5. The number of nitrogens with zero attached hydrogens (tertiary/aromatic N) is 2. The molecule has 198 valence electrons. The average Bonchev–Trinajstić information content (AvgIpc) is 2.75. The van der Waals surface area contributed by atoms with Crippen molar-refractivity contribution < 1.29 is 22.7 Å². The van der Waals surface area contributed by atoms with E-state index in [1.54, 1.807) is 0 Å². The highest BCUT2D eigenvalue weighted by Gasteiger charge is 2.33. The predicted molar refractivity (Wildman–Crippen MR) is 144 cm³/mol. The number of carbonyl (C=O) groups is 2. The molecule has 0 saturated carbocycles. The van der Waals surface area contributed by atoms with Gasteiger partial charge in [-0.3, -0.25) is 13.9 Å². The van der Waals surface area contributed by atoms with E-state index in [9.17, 15) is 18.0 Å². The van der Waals surface area contributed by atoms with E-state index >= 15 is 0 Å². The molecule has 0 spiro atoms. The van der Waals surface area contributed by atoms with Gasteiger partial charge in [-0.2, -0.15) is 0 Å². The van der Waals surface area contributed by atoms with Crippen molar-refractivity contribution in [2.24, 2.45) is 0 Å². The fourth-order valence-corrected chi connectivity index (χ4v) is 4.90. The number of methoxy groups -OCH3 is 1. The lowest BCUT2D eigenvalue weighted by Gasteiger charge is -2.34. The van der Waals surface area contributed by atoms with Crippen LogP contribution in [0.25, 0.3) is 0 Å². The Morgan fingerprint density at radius 3 is 2.31 bits per heavy atom. The van der Waals surface area contributed by atoms with Crippen LogP contribution in [0.4, 0.5) is 5.69 Å². The molecule has 0 aliphatic carbocycles. The van der Waals surface area contributed by atoms with Crippen molar-refractivity contribution in [3.63, 3.8) is 0 Å². The number of hydrogen-bond acceptors (Lipinski definition) is 5. The fourth-order valence-electron chi connectivity index (χ4n) is 3.80. The van der Waals surface area contributed by atoms with E-state index < -0.39 is 34.1 Å². The van der Waals surface area contributed by atoms with Gasteiger partial charge in [-0.15, -0.1) is 0 Å². The number of benzene rings is 2. The zero-order valence-corrected chi connectivity index (χ0v) is 23.5. The molecular weight excluding hydrogens is 502 g/mol. The Bertz CT molecular complexity index is 1190. The van der Waals surface area contributed by atoms with Crippen LogP contribution >= 0.6 is 11.6 Å². The van der Waals surface area contributed by atoms with Crippen LogP contribution < -0.4 is 14.4 Å². The van der Waals surface area contributed by atoms with Crippen molar-refractivity contribution in [3.05, 3.63) is 58.6 Å². The fraction of sp³-hybridized carbons (Fsp3) is 0.462. The maximum absolute atomic E-state index is 13.7. The first-order chi connectivity index (χ1) is 16.7. The van der Waals surface area contributed by atoms with Crippen molar-refractivity contribution in [1.82, 2.24) is 10.2 Å². The Labute approximate surface area is 219 Å². The zero-order chi connectivity index (χ0) is 27.3. The molecule has 0 heterocycles. The maximum Gasteiger partial charge on any atom is 0.244 e. The van der Waals surface area contributed by atoms with Gasteiger partial charge in [0.05, 0.1) is 24.1 Å². The number of carbonyl (C=O) groups excluding carboxylic acids is 2. The van der Waals surface area contributed by atoms with Crippen molar-refractivity contribution in [2.75, 3.05) is 24.2 Å². The molecule has 0 aromatic heterocycles. The summed E-state index contributed by atoms with van der Waals surface area (Å²) in [4.78, 5) is 28.4. The van der Waals surface area contributed by atoms with Crippen LogP contribution in [0.3, 0.4) is 0 Å². The molecule has 0 saturated heterocycles. The van der Waals surface area contributed by atoms with Crippen molar-refractivity contribution in [1.29, 1.82) is 0 Å². The quantitative estimate of drug-likeness (QED) is 0.491. The number of sulfonamides is 1. The molecule has 36 heavy (non-hydrogen) atoms. The third-order valence-electron chi connectivity index (χ3n) is 5.42. The maximum atomic E-state index is 13.7. The van der Waals surface area contributed by atoms with Gasteiger partial charge in [0.2, 0.25) is 21.8 Å². The van der Waals surface area contributed by atoms with Crippen LogP contribution in [-0.2, 0) is 26.2 Å². The zero-order valence-electron chi connectivity index (χ0n) is 22.0. The Morgan fingerprint density at radius 1 is 1.14 bits per heavy atom. The highest BCUT2D eigenvalue weighted by molar-refractivity contribution is 7.92. The van der Waals surface area contributed by atoms with Crippen LogP contribution in [0.1, 0.15) is 45.2 Å². The van der Waals surface area contributed by atoms with Gasteiger partial charge in [0.1, 0.15) is 18.3 Å². The summed E-state index contributed by atoms with van der Waals surface area (Å²) in [6.45, 7) is 9.01. The predicted octanol–water partition coefficient (Wildman–Crippen LogP) is 4.15. The van der Waals surface area contributed by atoms with Crippen LogP contribution in [0.5, 0.6) is 5.75 Å². The Morgan fingerprint density at radius 2 is 1.81 bits per heavy atom. The normalized spacial score (nSPS) is 12.6. The second-order valence-electron chi connectivity index (χ2n) is 9.76. The third kappa shape index (κ3) is 8.13. The third-order valence-corrected chi connectivity index (χ3v) is 6.86. The van der Waals surface area contributed by atoms with Crippen LogP contribution in [0, 0.1) is 6.92 Å². The Kier molecular flexibility index (Phi) is 9.79. The number of amides is 2. The van der Waals surface area contributed by atoms with Crippen molar-refractivity contribution >= 4 is 39.1 Å². The second kappa shape index (κ2) is 12.0. The van der Waals surface area contributed by atoms with Crippen molar-refractivity contribution in [3.8, 4) is 5.75 Å². The first-order valence-corrected chi connectivity index (χ1v) is 13.9. The molecule has 8 nitrogen and oxygen atoms in total. The summed E-state index contributed by atoms with van der Waals surface area (Å²) in [5.74, 6) is -0.430. The molecular formula is C26H36ClN3O5S. The molecule has 2 rings (SSSR count). The van der Waals surface area contributed by atoms with Gasteiger partial charge in [-0.1, -0.05) is 48.4 Å². The van der Waals surface area contributed by atoms with Crippen molar-refractivity contribution in [2.45, 2.75) is 59.2 Å². The molecule has 0 aliphatic heterocycles. The highest BCUT2D eigenvalue weighted by Crippen LogP contribution is 2.30. The molecule has 2 aromatic carbocycles. The largest absolute Gasteiger partial charge is 0.495 e. The summed E-state index contributed by atoms with van der Waals surface area (Å²) in [6, 6.07) is 11.3. The lowest BCUT2D eigenvalue weighted by Crippen LogP contribution is -2.55. The average molecular weight is 538 g/mol. The van der Waals surface area contributed by atoms with E-state index in [0.717, 1.165) is 21.7 Å². The second-order valence-corrected chi connectivity index (χ2v) is 12.1. The van der Waals surface area contributed by atoms with Crippen LogP contribution in [-0.4, -0.2) is 56.6 Å². The number of rotatable bonds is 10. The van der Waals surface area contributed by atoms with Crippen LogP contribution in [0.2, 0.25) is 5.02 Å². The first-order valence-electron chi connectivity index (χ1n) is 11.6. The molecule has 0 radical (unpaired) electrons. The van der Waals surface area contributed by atoms with Gasteiger partial charge >= 0.3 is 0 Å². The van der Waals surface area contributed by atoms with Gasteiger partial charge in [0.15, 0.2) is 0 Å². The molecule has 1 N–H and O–H groups in total.